The van der Waals surface area contributed by atoms with E-state index >= 15 is 0 Å². The zero-order valence-electron chi connectivity index (χ0n) is 17.4. The Morgan fingerprint density at radius 3 is 2.68 bits per heavy atom. The molecular weight excluding hydrogens is 356 g/mol. The summed E-state index contributed by atoms with van der Waals surface area (Å²) in [4.78, 5) is 24.6. The van der Waals surface area contributed by atoms with Gasteiger partial charge in [0.15, 0.2) is 6.73 Å². The molecule has 150 valence electrons. The van der Waals surface area contributed by atoms with Crippen LogP contribution in [0.25, 0.3) is 5.52 Å². The van der Waals surface area contributed by atoms with Gasteiger partial charge in [0.25, 0.3) is 0 Å². The molecule has 7 nitrogen and oxygen atoms in total. The third-order valence-corrected chi connectivity index (χ3v) is 4.76. The van der Waals surface area contributed by atoms with Crippen molar-refractivity contribution in [3.63, 3.8) is 0 Å². The molecule has 3 rings (SSSR count). The smallest absolute Gasteiger partial charge is 0.313 e. The Morgan fingerprint density at radius 1 is 1.32 bits per heavy atom. The Hall–Kier alpha value is -2.70. The van der Waals surface area contributed by atoms with Gasteiger partial charge in [0.1, 0.15) is 0 Å². The summed E-state index contributed by atoms with van der Waals surface area (Å²) in [6, 6.07) is 5.90. The van der Waals surface area contributed by atoms with Gasteiger partial charge in [-0.1, -0.05) is 26.8 Å². The minimum absolute atomic E-state index is 0.0484. The van der Waals surface area contributed by atoms with E-state index in [9.17, 15) is 9.59 Å². The third kappa shape index (κ3) is 3.79. The van der Waals surface area contributed by atoms with Gasteiger partial charge in [-0.05, 0) is 38.8 Å². The van der Waals surface area contributed by atoms with Crippen LogP contribution in [-0.2, 0) is 14.3 Å². The maximum Gasteiger partial charge on any atom is 0.313 e. The summed E-state index contributed by atoms with van der Waals surface area (Å²) in [5.74, 6) is -0.363. The first-order valence-corrected chi connectivity index (χ1v) is 9.63. The molecule has 0 bridgehead atoms. The Labute approximate surface area is 165 Å². The van der Waals surface area contributed by atoms with Crippen LogP contribution >= 0.6 is 0 Å². The second-order valence-corrected chi connectivity index (χ2v) is 8.64. The third-order valence-electron chi connectivity index (χ3n) is 4.76. The van der Waals surface area contributed by atoms with Crippen molar-refractivity contribution in [1.82, 2.24) is 14.6 Å². The summed E-state index contributed by atoms with van der Waals surface area (Å²) >= 11 is 0. The fourth-order valence-electron chi connectivity index (χ4n) is 3.17. The molecule has 0 saturated heterocycles. The van der Waals surface area contributed by atoms with E-state index in [2.05, 4.69) is 18.9 Å². The lowest BCUT2D eigenvalue weighted by Gasteiger charge is -2.28. The highest BCUT2D eigenvalue weighted by atomic mass is 16.5. The van der Waals surface area contributed by atoms with Crippen LogP contribution in [0.15, 0.2) is 29.5 Å². The normalized spacial score (nSPS) is 18.0. The number of amides is 1. The van der Waals surface area contributed by atoms with Crippen molar-refractivity contribution in [1.29, 1.82) is 0 Å². The Balaban J connectivity index is 2.00. The van der Waals surface area contributed by atoms with Crippen molar-refractivity contribution in [3.05, 3.63) is 35.7 Å². The van der Waals surface area contributed by atoms with E-state index in [0.29, 0.717) is 6.42 Å². The topological polar surface area (TPSA) is 76.3 Å². The molecule has 1 aliphatic heterocycles. The van der Waals surface area contributed by atoms with E-state index in [1.54, 1.807) is 20.8 Å². The largest absolute Gasteiger partial charge is 0.442 e. The number of hydrogen-bond acceptors (Lipinski definition) is 5. The molecule has 1 amide bonds. The molecule has 0 unspecified atom stereocenters. The van der Waals surface area contributed by atoms with Crippen LogP contribution < -0.4 is 0 Å². The molecule has 3 heterocycles. The molecule has 7 heteroatoms. The standard InChI is InChI=1S/C21H28N4O3/c1-13(2)18-17(15-9-7-8-10-24(15)22-18)19-14(3)11-16(26)25(23-19)12-28-20(27)21(4,5)6/h7-10,13-14H,11-12H2,1-6H3/t14-/m1/s1. The average Bonchev–Trinajstić information content (AvgIpc) is 2.99. The van der Waals surface area contributed by atoms with E-state index in [0.717, 1.165) is 22.5 Å². The SMILES string of the molecule is CC(C)c1nn2ccccc2c1C1=NN(COC(=O)C(C)(C)C)C(=O)C[C@H]1C. The highest BCUT2D eigenvalue weighted by Crippen LogP contribution is 2.29. The number of ether oxygens (including phenoxy) is 1. The molecule has 1 atom stereocenters. The van der Waals surface area contributed by atoms with Crippen LogP contribution in [0.4, 0.5) is 0 Å². The molecule has 0 saturated carbocycles. The monoisotopic (exact) mass is 384 g/mol. The minimum atomic E-state index is -0.633. The zero-order chi connectivity index (χ0) is 20.6. The summed E-state index contributed by atoms with van der Waals surface area (Å²) in [7, 11) is 0. The van der Waals surface area contributed by atoms with Crippen molar-refractivity contribution in [2.75, 3.05) is 6.73 Å². The van der Waals surface area contributed by atoms with Gasteiger partial charge in [-0.25, -0.2) is 4.52 Å². The fraction of sp³-hybridized carbons (Fsp3) is 0.524. The first kappa shape index (κ1) is 20.0. The number of aromatic nitrogens is 2. The quantitative estimate of drug-likeness (QED) is 0.755. The van der Waals surface area contributed by atoms with Gasteiger partial charge in [0.05, 0.1) is 22.3 Å². The molecular formula is C21H28N4O3. The Kier molecular flexibility index (Phi) is 5.28. The molecule has 0 aromatic carbocycles. The molecule has 0 aliphatic carbocycles. The highest BCUT2D eigenvalue weighted by Gasteiger charge is 2.33. The highest BCUT2D eigenvalue weighted by molar-refractivity contribution is 6.11. The summed E-state index contributed by atoms with van der Waals surface area (Å²) in [6.45, 7) is 11.3. The molecule has 2 aromatic heterocycles. The lowest BCUT2D eigenvalue weighted by molar-refractivity contribution is -0.161. The summed E-state index contributed by atoms with van der Waals surface area (Å²) in [5.41, 5.74) is 3.03. The maximum atomic E-state index is 12.5. The summed E-state index contributed by atoms with van der Waals surface area (Å²) in [5, 5.41) is 10.6. The second-order valence-electron chi connectivity index (χ2n) is 8.64. The lowest BCUT2D eigenvalue weighted by atomic mass is 9.90. The number of nitrogens with zero attached hydrogens (tertiary/aromatic N) is 4. The van der Waals surface area contributed by atoms with Crippen LogP contribution in [-0.4, -0.2) is 38.9 Å². The fourth-order valence-corrected chi connectivity index (χ4v) is 3.17. The predicted octanol–water partition coefficient (Wildman–Crippen LogP) is 3.58. The lowest BCUT2D eigenvalue weighted by Crippen LogP contribution is -2.39. The summed E-state index contributed by atoms with van der Waals surface area (Å²) < 4.78 is 7.17. The van der Waals surface area contributed by atoms with Crippen LogP contribution in [0.2, 0.25) is 0 Å². The van der Waals surface area contributed by atoms with Gasteiger partial charge in [0, 0.05) is 24.1 Å². The van der Waals surface area contributed by atoms with E-state index in [-0.39, 0.29) is 30.4 Å². The van der Waals surface area contributed by atoms with Crippen molar-refractivity contribution >= 4 is 23.1 Å². The Morgan fingerprint density at radius 2 is 2.04 bits per heavy atom. The van der Waals surface area contributed by atoms with E-state index in [4.69, 9.17) is 9.84 Å². The molecule has 0 fully saturated rings. The molecule has 0 N–H and O–H groups in total. The van der Waals surface area contributed by atoms with Crippen LogP contribution in [0.1, 0.15) is 65.1 Å². The first-order chi connectivity index (χ1) is 13.1. The van der Waals surface area contributed by atoms with Crippen LogP contribution in [0.5, 0.6) is 0 Å². The number of hydrogen-bond donors (Lipinski definition) is 0. The number of fused-ring (bicyclic) bond motifs is 1. The first-order valence-electron chi connectivity index (χ1n) is 9.63. The van der Waals surface area contributed by atoms with E-state index < -0.39 is 5.41 Å². The van der Waals surface area contributed by atoms with Crippen LogP contribution in [0, 0.1) is 11.3 Å². The van der Waals surface area contributed by atoms with Gasteiger partial charge >= 0.3 is 5.97 Å². The zero-order valence-corrected chi connectivity index (χ0v) is 17.4. The number of rotatable bonds is 4. The number of carbonyl (C=O) groups is 2. The van der Waals surface area contributed by atoms with Gasteiger partial charge in [-0.2, -0.15) is 15.2 Å². The van der Waals surface area contributed by atoms with E-state index in [1.165, 1.54) is 5.01 Å². The number of carbonyl (C=O) groups excluding carboxylic acids is 2. The number of pyridine rings is 1. The maximum absolute atomic E-state index is 12.5. The molecule has 0 radical (unpaired) electrons. The van der Waals surface area contributed by atoms with Crippen molar-refractivity contribution in [3.8, 4) is 0 Å². The van der Waals surface area contributed by atoms with Crippen molar-refractivity contribution in [2.24, 2.45) is 16.4 Å². The second kappa shape index (κ2) is 7.37. The van der Waals surface area contributed by atoms with Crippen molar-refractivity contribution in [2.45, 2.75) is 53.9 Å². The molecule has 2 aromatic rings. The molecule has 1 aliphatic rings. The molecule has 0 spiro atoms. The van der Waals surface area contributed by atoms with E-state index in [1.807, 2.05) is 35.8 Å². The van der Waals surface area contributed by atoms with Crippen molar-refractivity contribution < 1.29 is 14.3 Å². The number of hydrazone groups is 1. The van der Waals surface area contributed by atoms with Gasteiger partial charge in [0.2, 0.25) is 5.91 Å². The van der Waals surface area contributed by atoms with Gasteiger partial charge in [-0.3, -0.25) is 9.59 Å². The Bertz CT molecular complexity index is 937. The predicted molar refractivity (Wildman–Crippen MR) is 107 cm³/mol. The van der Waals surface area contributed by atoms with Gasteiger partial charge < -0.3 is 4.74 Å². The summed E-state index contributed by atoms with van der Waals surface area (Å²) in [6.07, 6.45) is 2.22. The molecule has 28 heavy (non-hydrogen) atoms. The minimum Gasteiger partial charge on any atom is -0.442 e. The van der Waals surface area contributed by atoms with Crippen LogP contribution in [0.3, 0.4) is 0 Å². The number of esters is 1. The average molecular weight is 384 g/mol. The van der Waals surface area contributed by atoms with Gasteiger partial charge in [-0.15, -0.1) is 0 Å².